The van der Waals surface area contributed by atoms with Crippen LogP contribution in [0.3, 0.4) is 0 Å². The summed E-state index contributed by atoms with van der Waals surface area (Å²) < 4.78 is 4.94. The molecule has 0 unspecified atom stereocenters. The Bertz CT molecular complexity index is 356. The standard InChI is InChI=1S/C11H16N2O2/c1-11(2,3)13-10(14)8-6-5-7-9(12-8)15-4/h5-7H,1-4H3,(H,13,14). The molecule has 1 aromatic rings. The van der Waals surface area contributed by atoms with E-state index in [4.69, 9.17) is 4.74 Å². The lowest BCUT2D eigenvalue weighted by Crippen LogP contribution is -2.40. The monoisotopic (exact) mass is 208 g/mol. The second-order valence-corrected chi connectivity index (χ2v) is 4.27. The van der Waals surface area contributed by atoms with Crippen molar-refractivity contribution in [3.8, 4) is 5.88 Å². The van der Waals surface area contributed by atoms with Crippen LogP contribution >= 0.6 is 0 Å². The van der Waals surface area contributed by atoms with Crippen LogP contribution in [0.5, 0.6) is 5.88 Å². The van der Waals surface area contributed by atoms with Crippen LogP contribution < -0.4 is 10.1 Å². The molecule has 0 atom stereocenters. The first-order chi connectivity index (χ1) is 6.92. The molecule has 0 aliphatic rings. The van der Waals surface area contributed by atoms with Gasteiger partial charge in [0.1, 0.15) is 5.69 Å². The number of aromatic nitrogens is 1. The SMILES string of the molecule is COc1cccc(C(=O)NC(C)(C)C)n1. The normalized spacial score (nSPS) is 10.9. The molecule has 0 radical (unpaired) electrons. The highest BCUT2D eigenvalue weighted by atomic mass is 16.5. The minimum atomic E-state index is -0.262. The Labute approximate surface area is 89.7 Å². The molecule has 0 spiro atoms. The smallest absolute Gasteiger partial charge is 0.270 e. The van der Waals surface area contributed by atoms with Crippen molar-refractivity contribution in [3.05, 3.63) is 23.9 Å². The van der Waals surface area contributed by atoms with Crippen molar-refractivity contribution in [1.29, 1.82) is 0 Å². The third-order valence-corrected chi connectivity index (χ3v) is 1.65. The Kier molecular flexibility index (Phi) is 3.29. The molecule has 15 heavy (non-hydrogen) atoms. The third-order valence-electron chi connectivity index (χ3n) is 1.65. The number of rotatable bonds is 2. The van der Waals surface area contributed by atoms with Crippen molar-refractivity contribution in [2.75, 3.05) is 7.11 Å². The fourth-order valence-electron chi connectivity index (χ4n) is 1.06. The maximum atomic E-state index is 11.7. The van der Waals surface area contributed by atoms with E-state index in [9.17, 15) is 4.79 Å². The summed E-state index contributed by atoms with van der Waals surface area (Å²) in [6.07, 6.45) is 0. The van der Waals surface area contributed by atoms with Gasteiger partial charge in [0.05, 0.1) is 7.11 Å². The Hall–Kier alpha value is -1.58. The van der Waals surface area contributed by atoms with Crippen molar-refractivity contribution in [1.82, 2.24) is 10.3 Å². The number of hydrogen-bond acceptors (Lipinski definition) is 3. The van der Waals surface area contributed by atoms with Crippen LogP contribution in [0.2, 0.25) is 0 Å². The average Bonchev–Trinajstić information content (AvgIpc) is 2.15. The molecule has 1 N–H and O–H groups in total. The van der Waals surface area contributed by atoms with Crippen molar-refractivity contribution >= 4 is 5.91 Å². The Balaban J connectivity index is 2.82. The van der Waals surface area contributed by atoms with Crippen molar-refractivity contribution in [2.24, 2.45) is 0 Å². The van der Waals surface area contributed by atoms with Crippen LogP contribution in [0.15, 0.2) is 18.2 Å². The van der Waals surface area contributed by atoms with Crippen LogP contribution in [-0.2, 0) is 0 Å². The topological polar surface area (TPSA) is 51.2 Å². The molecule has 4 heteroatoms. The molecule has 0 bridgehead atoms. The zero-order chi connectivity index (χ0) is 11.5. The molecule has 1 amide bonds. The van der Waals surface area contributed by atoms with Crippen LogP contribution in [0.25, 0.3) is 0 Å². The lowest BCUT2D eigenvalue weighted by molar-refractivity contribution is 0.0913. The van der Waals surface area contributed by atoms with Gasteiger partial charge in [-0.2, -0.15) is 0 Å². The van der Waals surface area contributed by atoms with E-state index in [0.29, 0.717) is 11.6 Å². The van der Waals surface area contributed by atoms with Gasteiger partial charge in [-0.3, -0.25) is 4.79 Å². The summed E-state index contributed by atoms with van der Waals surface area (Å²) in [5.41, 5.74) is 0.103. The van der Waals surface area contributed by atoms with Gasteiger partial charge in [-0.1, -0.05) is 6.07 Å². The maximum absolute atomic E-state index is 11.7. The number of methoxy groups -OCH3 is 1. The van der Waals surface area contributed by atoms with E-state index in [0.717, 1.165) is 0 Å². The Morgan fingerprint density at radius 2 is 2.07 bits per heavy atom. The summed E-state index contributed by atoms with van der Waals surface area (Å²) in [5.74, 6) is 0.248. The van der Waals surface area contributed by atoms with E-state index < -0.39 is 0 Å². The molecule has 1 aromatic heterocycles. The summed E-state index contributed by atoms with van der Waals surface area (Å²) in [6, 6.07) is 5.10. The van der Waals surface area contributed by atoms with Crippen molar-refractivity contribution < 1.29 is 9.53 Å². The third kappa shape index (κ3) is 3.58. The Morgan fingerprint density at radius 1 is 1.40 bits per heavy atom. The Morgan fingerprint density at radius 3 is 2.60 bits per heavy atom. The number of amides is 1. The summed E-state index contributed by atoms with van der Waals surface area (Å²) >= 11 is 0. The quantitative estimate of drug-likeness (QED) is 0.803. The minimum Gasteiger partial charge on any atom is -0.481 e. The molecular formula is C11H16N2O2. The van der Waals surface area contributed by atoms with Crippen LogP contribution in [0.1, 0.15) is 31.3 Å². The average molecular weight is 208 g/mol. The highest BCUT2D eigenvalue weighted by Crippen LogP contribution is 2.08. The maximum Gasteiger partial charge on any atom is 0.270 e. The van der Waals surface area contributed by atoms with Gasteiger partial charge in [0, 0.05) is 11.6 Å². The second-order valence-electron chi connectivity index (χ2n) is 4.27. The zero-order valence-corrected chi connectivity index (χ0v) is 9.50. The number of nitrogens with one attached hydrogen (secondary N) is 1. The van der Waals surface area contributed by atoms with Gasteiger partial charge in [-0.15, -0.1) is 0 Å². The molecule has 82 valence electrons. The van der Waals surface area contributed by atoms with Gasteiger partial charge >= 0.3 is 0 Å². The molecule has 0 fully saturated rings. The molecule has 0 aliphatic heterocycles. The highest BCUT2D eigenvalue weighted by Gasteiger charge is 2.16. The number of carbonyl (C=O) groups is 1. The lowest BCUT2D eigenvalue weighted by Gasteiger charge is -2.20. The first-order valence-electron chi connectivity index (χ1n) is 4.76. The predicted octanol–water partition coefficient (Wildman–Crippen LogP) is 1.62. The molecule has 0 aliphatic carbocycles. The molecular weight excluding hydrogens is 192 g/mol. The molecule has 1 rings (SSSR count). The van der Waals surface area contributed by atoms with Gasteiger partial charge in [0.15, 0.2) is 0 Å². The van der Waals surface area contributed by atoms with E-state index in [2.05, 4.69) is 10.3 Å². The van der Waals surface area contributed by atoms with Crippen LogP contribution in [0.4, 0.5) is 0 Å². The van der Waals surface area contributed by atoms with E-state index in [-0.39, 0.29) is 11.4 Å². The lowest BCUT2D eigenvalue weighted by atomic mass is 10.1. The van der Waals surface area contributed by atoms with Gasteiger partial charge in [-0.05, 0) is 26.8 Å². The molecule has 1 heterocycles. The summed E-state index contributed by atoms with van der Waals surface area (Å²) in [7, 11) is 1.52. The van der Waals surface area contributed by atoms with Crippen LogP contribution in [-0.4, -0.2) is 23.5 Å². The largest absolute Gasteiger partial charge is 0.481 e. The number of pyridine rings is 1. The fraction of sp³-hybridized carbons (Fsp3) is 0.455. The number of nitrogens with zero attached hydrogens (tertiary/aromatic N) is 1. The van der Waals surface area contributed by atoms with E-state index in [1.165, 1.54) is 7.11 Å². The zero-order valence-electron chi connectivity index (χ0n) is 9.50. The summed E-state index contributed by atoms with van der Waals surface area (Å²) in [4.78, 5) is 15.7. The van der Waals surface area contributed by atoms with Gasteiger partial charge < -0.3 is 10.1 Å². The molecule has 0 saturated carbocycles. The van der Waals surface area contributed by atoms with E-state index >= 15 is 0 Å². The number of ether oxygens (including phenoxy) is 1. The minimum absolute atomic E-state index is 0.193. The number of carbonyl (C=O) groups excluding carboxylic acids is 1. The first-order valence-corrected chi connectivity index (χ1v) is 4.76. The van der Waals surface area contributed by atoms with Gasteiger partial charge in [0.2, 0.25) is 5.88 Å². The van der Waals surface area contributed by atoms with Gasteiger partial charge in [-0.25, -0.2) is 4.98 Å². The van der Waals surface area contributed by atoms with Crippen molar-refractivity contribution in [2.45, 2.75) is 26.3 Å². The molecule has 0 aromatic carbocycles. The van der Waals surface area contributed by atoms with Gasteiger partial charge in [0.25, 0.3) is 5.91 Å². The second kappa shape index (κ2) is 4.29. The first kappa shape index (κ1) is 11.5. The highest BCUT2D eigenvalue weighted by molar-refractivity contribution is 5.92. The number of hydrogen-bond donors (Lipinski definition) is 1. The predicted molar refractivity (Wildman–Crippen MR) is 58.0 cm³/mol. The summed E-state index contributed by atoms with van der Waals surface area (Å²) in [5, 5.41) is 2.83. The molecule has 0 saturated heterocycles. The van der Waals surface area contributed by atoms with E-state index in [1.807, 2.05) is 20.8 Å². The van der Waals surface area contributed by atoms with Crippen LogP contribution in [0, 0.1) is 0 Å². The fourth-order valence-corrected chi connectivity index (χ4v) is 1.06. The summed E-state index contributed by atoms with van der Waals surface area (Å²) in [6.45, 7) is 5.77. The molecule has 4 nitrogen and oxygen atoms in total. The van der Waals surface area contributed by atoms with Crippen molar-refractivity contribution in [3.63, 3.8) is 0 Å². The van der Waals surface area contributed by atoms with E-state index in [1.54, 1.807) is 18.2 Å².